The van der Waals surface area contributed by atoms with Gasteiger partial charge < -0.3 is 14.2 Å². The first-order chi connectivity index (χ1) is 18.4. The first-order valence-corrected chi connectivity index (χ1v) is 15.2. The Balaban J connectivity index is 1.37. The number of hydrogen-bond acceptors (Lipinski definition) is 8. The van der Waals surface area contributed by atoms with Gasteiger partial charge in [-0.3, -0.25) is 14.6 Å². The van der Waals surface area contributed by atoms with Crippen molar-refractivity contribution in [1.82, 2.24) is 9.80 Å². The van der Waals surface area contributed by atoms with E-state index in [1.165, 1.54) is 19.3 Å². The van der Waals surface area contributed by atoms with E-state index in [0.717, 1.165) is 30.9 Å². The molecule has 4 rings (SSSR count). The van der Waals surface area contributed by atoms with Crippen LogP contribution in [0.1, 0.15) is 44.6 Å². The molecule has 2 aliphatic rings. The van der Waals surface area contributed by atoms with Crippen LogP contribution in [0.5, 0.6) is 11.5 Å². The van der Waals surface area contributed by atoms with Crippen molar-refractivity contribution in [3.05, 3.63) is 54.1 Å². The zero-order chi connectivity index (χ0) is 27.0. The van der Waals surface area contributed by atoms with Gasteiger partial charge in [0.15, 0.2) is 9.84 Å². The van der Waals surface area contributed by atoms with Gasteiger partial charge in [0.1, 0.15) is 24.1 Å². The Labute approximate surface area is 226 Å². The van der Waals surface area contributed by atoms with Crippen LogP contribution >= 0.6 is 0 Å². The van der Waals surface area contributed by atoms with Crippen LogP contribution in [-0.2, 0) is 25.9 Å². The largest absolute Gasteiger partial charge is 0.497 e. The minimum atomic E-state index is -3.60. The van der Waals surface area contributed by atoms with Crippen molar-refractivity contribution >= 4 is 15.8 Å². The molecule has 0 radical (unpaired) electrons. The molecule has 2 aliphatic heterocycles. The van der Waals surface area contributed by atoms with Gasteiger partial charge in [0.2, 0.25) is 0 Å². The van der Waals surface area contributed by atoms with Gasteiger partial charge >= 0.3 is 5.97 Å². The summed E-state index contributed by atoms with van der Waals surface area (Å²) in [5, 5.41) is -0.655. The first-order valence-electron chi connectivity index (χ1n) is 13.6. The molecule has 208 valence electrons. The molecule has 2 aromatic rings. The highest BCUT2D eigenvalue weighted by molar-refractivity contribution is 7.92. The number of rotatable bonds is 11. The average Bonchev–Trinajstić information content (AvgIpc) is 2.95. The van der Waals surface area contributed by atoms with E-state index in [2.05, 4.69) is 4.90 Å². The van der Waals surface area contributed by atoms with E-state index in [4.69, 9.17) is 14.2 Å². The molecule has 2 atom stereocenters. The van der Waals surface area contributed by atoms with Crippen LogP contribution in [0.3, 0.4) is 0 Å². The van der Waals surface area contributed by atoms with E-state index in [0.29, 0.717) is 31.9 Å². The number of nitrogens with zero attached hydrogens (tertiary/aromatic N) is 2. The van der Waals surface area contributed by atoms with Gasteiger partial charge in [-0.15, -0.1) is 0 Å². The molecule has 0 spiro atoms. The Morgan fingerprint density at radius 3 is 2.29 bits per heavy atom. The SMILES string of the molecule is CCOC(=O)C1CC(S(=O)(=O)c2ccc(OC)cc2)CCN1Cc1ccc(OCCN2CCCCC2)cc1. The predicted molar refractivity (Wildman–Crippen MR) is 146 cm³/mol. The summed E-state index contributed by atoms with van der Waals surface area (Å²) in [6.45, 7) is 6.95. The zero-order valence-electron chi connectivity index (χ0n) is 22.5. The van der Waals surface area contributed by atoms with Crippen molar-refractivity contribution in [3.63, 3.8) is 0 Å². The summed E-state index contributed by atoms with van der Waals surface area (Å²) in [6, 6.07) is 13.8. The number of carbonyl (C=O) groups excluding carboxylic acids is 1. The van der Waals surface area contributed by atoms with Gasteiger partial charge in [-0.1, -0.05) is 18.6 Å². The third-order valence-electron chi connectivity index (χ3n) is 7.48. The highest BCUT2D eigenvalue weighted by atomic mass is 32.2. The van der Waals surface area contributed by atoms with E-state index < -0.39 is 21.1 Å². The van der Waals surface area contributed by atoms with Crippen molar-refractivity contribution in [2.45, 2.75) is 61.8 Å². The lowest BCUT2D eigenvalue weighted by Gasteiger charge is -2.37. The second-order valence-electron chi connectivity index (χ2n) is 10.00. The van der Waals surface area contributed by atoms with Crippen LogP contribution in [0.15, 0.2) is 53.4 Å². The normalized spacial score (nSPS) is 21.1. The number of sulfone groups is 1. The van der Waals surface area contributed by atoms with Gasteiger partial charge in [0, 0.05) is 19.6 Å². The van der Waals surface area contributed by atoms with E-state index in [9.17, 15) is 13.2 Å². The molecule has 0 saturated carbocycles. The lowest BCUT2D eigenvalue weighted by atomic mass is 10.0. The third-order valence-corrected chi connectivity index (χ3v) is 9.72. The van der Waals surface area contributed by atoms with Crippen LogP contribution < -0.4 is 9.47 Å². The van der Waals surface area contributed by atoms with E-state index >= 15 is 0 Å². The van der Waals surface area contributed by atoms with Gasteiger partial charge in [-0.2, -0.15) is 0 Å². The number of esters is 1. The van der Waals surface area contributed by atoms with E-state index in [1.54, 1.807) is 38.3 Å². The second kappa shape index (κ2) is 13.4. The van der Waals surface area contributed by atoms with Crippen molar-refractivity contribution in [2.75, 3.05) is 46.5 Å². The molecule has 2 saturated heterocycles. The molecule has 8 nitrogen and oxygen atoms in total. The predicted octanol–water partition coefficient (Wildman–Crippen LogP) is 3.93. The Bertz CT molecular complexity index is 1130. The smallest absolute Gasteiger partial charge is 0.323 e. The molecule has 2 heterocycles. The molecule has 2 aromatic carbocycles. The average molecular weight is 545 g/mol. The molecule has 9 heteroatoms. The lowest BCUT2D eigenvalue weighted by Crippen LogP contribution is -2.50. The Hall–Kier alpha value is -2.62. The molecule has 38 heavy (non-hydrogen) atoms. The van der Waals surface area contributed by atoms with Gasteiger partial charge in [0.05, 0.1) is 23.9 Å². The number of benzene rings is 2. The Kier molecular flexibility index (Phi) is 10.0. The van der Waals surface area contributed by atoms with Gasteiger partial charge in [-0.05, 0) is 87.7 Å². The minimum absolute atomic E-state index is 0.199. The van der Waals surface area contributed by atoms with Crippen molar-refractivity contribution in [2.24, 2.45) is 0 Å². The number of methoxy groups -OCH3 is 1. The Morgan fingerprint density at radius 1 is 0.947 bits per heavy atom. The molecule has 2 unspecified atom stereocenters. The van der Waals surface area contributed by atoms with Crippen molar-refractivity contribution < 1.29 is 27.4 Å². The molecule has 0 aliphatic carbocycles. The first kappa shape index (κ1) is 28.4. The topological polar surface area (TPSA) is 85.4 Å². The minimum Gasteiger partial charge on any atom is -0.497 e. The summed E-state index contributed by atoms with van der Waals surface area (Å²) < 4.78 is 43.2. The van der Waals surface area contributed by atoms with Crippen molar-refractivity contribution in [3.8, 4) is 11.5 Å². The molecule has 0 amide bonds. The summed E-state index contributed by atoms with van der Waals surface area (Å²) >= 11 is 0. The monoisotopic (exact) mass is 544 g/mol. The summed E-state index contributed by atoms with van der Waals surface area (Å²) in [6.07, 6.45) is 4.51. The van der Waals surface area contributed by atoms with Gasteiger partial charge in [-0.25, -0.2) is 8.42 Å². The number of piperidine rings is 2. The van der Waals surface area contributed by atoms with E-state index in [-0.39, 0.29) is 23.9 Å². The molecule has 0 aromatic heterocycles. The van der Waals surface area contributed by atoms with Crippen LogP contribution in [0, 0.1) is 0 Å². The van der Waals surface area contributed by atoms with Crippen LogP contribution in [0.4, 0.5) is 0 Å². The molecule has 2 fully saturated rings. The summed E-state index contributed by atoms with van der Waals surface area (Å²) in [4.78, 5) is 17.6. The highest BCUT2D eigenvalue weighted by Crippen LogP contribution is 2.30. The zero-order valence-corrected chi connectivity index (χ0v) is 23.3. The quantitative estimate of drug-likeness (QED) is 0.394. The molecular weight excluding hydrogens is 504 g/mol. The fourth-order valence-electron chi connectivity index (χ4n) is 5.30. The lowest BCUT2D eigenvalue weighted by molar-refractivity contribution is -0.151. The standard InChI is InChI=1S/C29H40N2O6S/c1-3-36-29(32)28-21-27(38(33,34)26-13-11-24(35-2)12-14-26)15-18-31(28)22-23-7-9-25(10-8-23)37-20-19-30-16-5-4-6-17-30/h7-14,27-28H,3-6,15-22H2,1-2H3. The molecule has 0 N–H and O–H groups in total. The van der Waals surface area contributed by atoms with Crippen LogP contribution in [-0.4, -0.2) is 82.0 Å². The second-order valence-corrected chi connectivity index (χ2v) is 12.2. The van der Waals surface area contributed by atoms with Crippen molar-refractivity contribution in [1.29, 1.82) is 0 Å². The maximum Gasteiger partial charge on any atom is 0.323 e. The van der Waals surface area contributed by atoms with Crippen LogP contribution in [0.2, 0.25) is 0 Å². The maximum absolute atomic E-state index is 13.4. The summed E-state index contributed by atoms with van der Waals surface area (Å²) in [5.74, 6) is 1.05. The fourth-order valence-corrected chi connectivity index (χ4v) is 7.05. The van der Waals surface area contributed by atoms with Gasteiger partial charge in [0.25, 0.3) is 0 Å². The Morgan fingerprint density at radius 2 is 1.63 bits per heavy atom. The summed E-state index contributed by atoms with van der Waals surface area (Å²) in [5.41, 5.74) is 1.04. The maximum atomic E-state index is 13.4. The summed E-state index contributed by atoms with van der Waals surface area (Å²) in [7, 11) is -2.06. The highest BCUT2D eigenvalue weighted by Gasteiger charge is 2.40. The number of hydrogen-bond donors (Lipinski definition) is 0. The van der Waals surface area contributed by atoms with E-state index in [1.807, 2.05) is 29.2 Å². The fraction of sp³-hybridized carbons (Fsp3) is 0.552. The number of likely N-dealkylation sites (tertiary alicyclic amines) is 2. The molecule has 0 bridgehead atoms. The van der Waals surface area contributed by atoms with Crippen LogP contribution in [0.25, 0.3) is 0 Å². The number of ether oxygens (including phenoxy) is 3. The molecular formula is C29H40N2O6S. The number of carbonyl (C=O) groups is 1. The third kappa shape index (κ3) is 7.27.